The fourth-order valence-corrected chi connectivity index (χ4v) is 3.28. The second kappa shape index (κ2) is 10.6. The monoisotopic (exact) mass is 431 g/mol. The van der Waals surface area contributed by atoms with E-state index < -0.39 is 11.6 Å². The quantitative estimate of drug-likeness (QED) is 0.716. The maximum absolute atomic E-state index is 13.3. The third kappa shape index (κ3) is 6.06. The van der Waals surface area contributed by atoms with Crippen LogP contribution < -0.4 is 11.1 Å². The minimum Gasteiger partial charge on any atom is -0.399 e. The second-order valence-electron chi connectivity index (χ2n) is 6.85. The van der Waals surface area contributed by atoms with Crippen molar-refractivity contribution in [3.05, 3.63) is 64.7 Å². The first kappa shape index (κ1) is 24.1. The van der Waals surface area contributed by atoms with Crippen LogP contribution in [0.2, 0.25) is 0 Å². The Balaban J connectivity index is 0.00000196. The highest BCUT2D eigenvalue weighted by Crippen LogP contribution is 2.17. The number of benzene rings is 2. The number of nitrogens with one attached hydrogen (secondary N) is 1. The summed E-state index contributed by atoms with van der Waals surface area (Å²) in [4.78, 5) is 14.7. The zero-order chi connectivity index (χ0) is 18.7. The number of carbonyl (C=O) groups is 1. The minimum atomic E-state index is -0.827. The third-order valence-electron chi connectivity index (χ3n) is 4.82. The van der Waals surface area contributed by atoms with Crippen LogP contribution in [-0.4, -0.2) is 29.9 Å². The largest absolute Gasteiger partial charge is 0.399 e. The molecule has 4 nitrogen and oxygen atoms in total. The lowest BCUT2D eigenvalue weighted by atomic mass is 10.0. The van der Waals surface area contributed by atoms with E-state index in [2.05, 4.69) is 10.2 Å². The van der Waals surface area contributed by atoms with Crippen molar-refractivity contribution in [2.24, 2.45) is 0 Å². The van der Waals surface area contributed by atoms with Crippen molar-refractivity contribution >= 4 is 36.4 Å². The van der Waals surface area contributed by atoms with Crippen molar-refractivity contribution in [1.82, 2.24) is 10.2 Å². The Morgan fingerprint density at radius 1 is 1.11 bits per heavy atom. The molecule has 3 rings (SSSR count). The van der Waals surface area contributed by atoms with Crippen LogP contribution in [0, 0.1) is 18.6 Å². The van der Waals surface area contributed by atoms with Crippen molar-refractivity contribution in [3.63, 3.8) is 0 Å². The zero-order valence-electron chi connectivity index (χ0n) is 15.6. The van der Waals surface area contributed by atoms with Gasteiger partial charge in [0.25, 0.3) is 5.91 Å². The molecule has 0 radical (unpaired) electrons. The molecule has 0 spiro atoms. The number of rotatable bonds is 4. The number of aryl methyl sites for hydroxylation is 1. The Kier molecular flexibility index (Phi) is 9.14. The van der Waals surface area contributed by atoms with E-state index in [0.717, 1.165) is 43.1 Å². The van der Waals surface area contributed by atoms with Gasteiger partial charge in [-0.1, -0.05) is 12.1 Å². The van der Waals surface area contributed by atoms with Gasteiger partial charge in [0.2, 0.25) is 0 Å². The van der Waals surface area contributed by atoms with Crippen LogP contribution in [0.5, 0.6) is 0 Å². The molecule has 0 atom stereocenters. The van der Waals surface area contributed by atoms with Crippen molar-refractivity contribution in [2.75, 3.05) is 18.8 Å². The lowest BCUT2D eigenvalue weighted by Gasteiger charge is -2.32. The molecule has 1 amide bonds. The summed E-state index contributed by atoms with van der Waals surface area (Å²) in [5, 5.41) is 3.07. The summed E-state index contributed by atoms with van der Waals surface area (Å²) in [5.41, 5.74) is 8.60. The van der Waals surface area contributed by atoms with E-state index in [0.29, 0.717) is 17.8 Å². The van der Waals surface area contributed by atoms with Crippen LogP contribution in [0.1, 0.15) is 34.3 Å². The SMILES string of the molecule is Cc1ccc(N)cc1C(=O)NC1CCN(Cc2ccc(F)c(F)c2)CC1.Cl.Cl. The molecule has 28 heavy (non-hydrogen) atoms. The molecule has 1 fully saturated rings. The number of halogens is 4. The summed E-state index contributed by atoms with van der Waals surface area (Å²) < 4.78 is 26.3. The lowest BCUT2D eigenvalue weighted by Crippen LogP contribution is -2.44. The standard InChI is InChI=1S/C20H23F2N3O.2ClH/c1-13-2-4-15(23)11-17(13)20(26)24-16-6-8-25(9-7-16)12-14-3-5-18(21)19(22)10-14;;/h2-5,10-11,16H,6-9,12,23H2,1H3,(H,24,26);2*1H. The van der Waals surface area contributed by atoms with Gasteiger partial charge in [-0.15, -0.1) is 24.8 Å². The Hall–Kier alpha value is -1.89. The van der Waals surface area contributed by atoms with Gasteiger partial charge in [0.1, 0.15) is 0 Å². The van der Waals surface area contributed by atoms with Crippen LogP contribution in [0.4, 0.5) is 14.5 Å². The van der Waals surface area contributed by atoms with Crippen molar-refractivity contribution in [1.29, 1.82) is 0 Å². The number of carbonyl (C=O) groups excluding carboxylic acids is 1. The fourth-order valence-electron chi connectivity index (χ4n) is 3.28. The number of likely N-dealkylation sites (tertiary alicyclic amines) is 1. The number of nitrogens with zero attached hydrogens (tertiary/aromatic N) is 1. The Morgan fingerprint density at radius 3 is 2.43 bits per heavy atom. The summed E-state index contributed by atoms with van der Waals surface area (Å²) in [6.45, 7) is 4.05. The Bertz CT molecular complexity index is 812. The molecule has 2 aromatic rings. The lowest BCUT2D eigenvalue weighted by molar-refractivity contribution is 0.0908. The van der Waals surface area contributed by atoms with Gasteiger partial charge < -0.3 is 11.1 Å². The molecule has 0 unspecified atom stereocenters. The first-order valence-electron chi connectivity index (χ1n) is 8.75. The summed E-state index contributed by atoms with van der Waals surface area (Å²) in [7, 11) is 0. The van der Waals surface area contributed by atoms with Crippen LogP contribution in [0.25, 0.3) is 0 Å². The maximum atomic E-state index is 13.3. The van der Waals surface area contributed by atoms with E-state index >= 15 is 0 Å². The van der Waals surface area contributed by atoms with E-state index in [4.69, 9.17) is 5.73 Å². The maximum Gasteiger partial charge on any atom is 0.251 e. The molecule has 1 heterocycles. The highest BCUT2D eigenvalue weighted by molar-refractivity contribution is 5.96. The van der Waals surface area contributed by atoms with Gasteiger partial charge in [-0.05, 0) is 55.2 Å². The third-order valence-corrected chi connectivity index (χ3v) is 4.82. The molecule has 1 aliphatic heterocycles. The first-order valence-corrected chi connectivity index (χ1v) is 8.75. The van der Waals surface area contributed by atoms with Crippen LogP contribution in [0.3, 0.4) is 0 Å². The molecule has 0 saturated carbocycles. The molecule has 154 valence electrons. The molecular formula is C20H25Cl2F2N3O. The van der Waals surface area contributed by atoms with Crippen LogP contribution in [-0.2, 0) is 6.54 Å². The van der Waals surface area contributed by atoms with E-state index in [1.54, 1.807) is 18.2 Å². The van der Waals surface area contributed by atoms with Gasteiger partial charge in [-0.2, -0.15) is 0 Å². The van der Waals surface area contributed by atoms with Gasteiger partial charge in [-0.3, -0.25) is 9.69 Å². The van der Waals surface area contributed by atoms with Crippen molar-refractivity contribution in [3.8, 4) is 0 Å². The summed E-state index contributed by atoms with van der Waals surface area (Å²) in [6.07, 6.45) is 1.63. The molecule has 0 aliphatic carbocycles. The summed E-state index contributed by atoms with van der Waals surface area (Å²) in [6, 6.07) is 9.43. The molecule has 0 bridgehead atoms. The molecule has 1 aliphatic rings. The highest BCUT2D eigenvalue weighted by atomic mass is 35.5. The number of hydrogen-bond acceptors (Lipinski definition) is 3. The average Bonchev–Trinajstić information content (AvgIpc) is 2.62. The summed E-state index contributed by atoms with van der Waals surface area (Å²) in [5.74, 6) is -1.75. The highest BCUT2D eigenvalue weighted by Gasteiger charge is 2.22. The van der Waals surface area contributed by atoms with Gasteiger partial charge >= 0.3 is 0 Å². The first-order chi connectivity index (χ1) is 12.4. The van der Waals surface area contributed by atoms with E-state index in [1.807, 2.05) is 13.0 Å². The van der Waals surface area contributed by atoms with E-state index in [9.17, 15) is 13.6 Å². The fraction of sp³-hybridized carbons (Fsp3) is 0.350. The van der Waals surface area contributed by atoms with Gasteiger partial charge in [-0.25, -0.2) is 8.78 Å². The minimum absolute atomic E-state index is 0. The van der Waals surface area contributed by atoms with Gasteiger partial charge in [0, 0.05) is 36.9 Å². The molecule has 0 aromatic heterocycles. The number of nitrogens with two attached hydrogens (primary N) is 1. The van der Waals surface area contributed by atoms with E-state index in [1.165, 1.54) is 6.07 Å². The number of amides is 1. The molecule has 3 N–H and O–H groups in total. The molecule has 2 aromatic carbocycles. The van der Waals surface area contributed by atoms with Crippen molar-refractivity contribution < 1.29 is 13.6 Å². The normalized spacial score (nSPS) is 14.7. The zero-order valence-corrected chi connectivity index (χ0v) is 17.2. The Morgan fingerprint density at radius 2 is 1.79 bits per heavy atom. The summed E-state index contributed by atoms with van der Waals surface area (Å²) >= 11 is 0. The topological polar surface area (TPSA) is 58.4 Å². The Labute approximate surface area is 176 Å². The number of nitrogen functional groups attached to an aromatic ring is 1. The van der Waals surface area contributed by atoms with Crippen molar-refractivity contribution in [2.45, 2.75) is 32.4 Å². The predicted octanol–water partition coefficient (Wildman–Crippen LogP) is 4.09. The number of hydrogen-bond donors (Lipinski definition) is 2. The molecule has 8 heteroatoms. The number of piperidine rings is 1. The van der Waals surface area contributed by atoms with Gasteiger partial charge in [0.15, 0.2) is 11.6 Å². The van der Waals surface area contributed by atoms with Crippen LogP contribution in [0.15, 0.2) is 36.4 Å². The number of anilines is 1. The smallest absolute Gasteiger partial charge is 0.251 e. The van der Waals surface area contributed by atoms with Crippen LogP contribution >= 0.6 is 24.8 Å². The van der Waals surface area contributed by atoms with E-state index in [-0.39, 0.29) is 36.8 Å². The molecule has 1 saturated heterocycles. The average molecular weight is 432 g/mol. The van der Waals surface area contributed by atoms with Gasteiger partial charge in [0.05, 0.1) is 0 Å². The predicted molar refractivity (Wildman–Crippen MR) is 112 cm³/mol. The second-order valence-corrected chi connectivity index (χ2v) is 6.85. The molecular weight excluding hydrogens is 407 g/mol.